The summed E-state index contributed by atoms with van der Waals surface area (Å²) >= 11 is 0. The molecule has 100 valence electrons. The maximum absolute atomic E-state index is 5.70. The van der Waals surface area contributed by atoms with Crippen LogP contribution in [-0.4, -0.2) is 36.7 Å². The second-order valence-corrected chi connectivity index (χ2v) is 4.88. The third-order valence-corrected chi connectivity index (χ3v) is 3.60. The number of methoxy groups -OCH3 is 1. The van der Waals surface area contributed by atoms with Gasteiger partial charge in [-0.15, -0.1) is 0 Å². The Balaban J connectivity index is 2.03. The van der Waals surface area contributed by atoms with E-state index in [1.54, 1.807) is 7.11 Å². The van der Waals surface area contributed by atoms with Gasteiger partial charge in [-0.05, 0) is 32.2 Å². The van der Waals surface area contributed by atoms with Crippen LogP contribution in [0.3, 0.4) is 0 Å². The molecule has 1 aliphatic heterocycles. The fraction of sp³-hybridized carbons (Fsp3) is 0.692. The van der Waals surface area contributed by atoms with Gasteiger partial charge < -0.3 is 15.4 Å². The van der Waals surface area contributed by atoms with Crippen molar-refractivity contribution in [2.24, 2.45) is 11.7 Å². The quantitative estimate of drug-likeness (QED) is 0.867. The van der Waals surface area contributed by atoms with Crippen LogP contribution in [-0.2, 0) is 11.3 Å². The zero-order chi connectivity index (χ0) is 13.0. The van der Waals surface area contributed by atoms with Crippen LogP contribution < -0.4 is 10.6 Å². The molecule has 0 unspecified atom stereocenters. The van der Waals surface area contributed by atoms with Crippen molar-refractivity contribution in [1.82, 2.24) is 9.97 Å². The summed E-state index contributed by atoms with van der Waals surface area (Å²) in [6.07, 6.45) is 4.15. The summed E-state index contributed by atoms with van der Waals surface area (Å²) < 4.78 is 5.12. The third kappa shape index (κ3) is 2.97. The van der Waals surface area contributed by atoms with Crippen LogP contribution in [0.5, 0.6) is 0 Å². The molecule has 2 rings (SSSR count). The van der Waals surface area contributed by atoms with Crippen LogP contribution in [0, 0.1) is 12.8 Å². The van der Waals surface area contributed by atoms with Crippen molar-refractivity contribution >= 4 is 5.95 Å². The topological polar surface area (TPSA) is 64.3 Å². The fourth-order valence-corrected chi connectivity index (χ4v) is 2.30. The molecule has 1 aromatic heterocycles. The second-order valence-electron chi connectivity index (χ2n) is 4.88. The third-order valence-electron chi connectivity index (χ3n) is 3.60. The van der Waals surface area contributed by atoms with Gasteiger partial charge in [0.25, 0.3) is 0 Å². The number of nitrogens with zero attached hydrogens (tertiary/aromatic N) is 3. The Morgan fingerprint density at radius 1 is 1.44 bits per heavy atom. The van der Waals surface area contributed by atoms with E-state index in [4.69, 9.17) is 10.5 Å². The van der Waals surface area contributed by atoms with Gasteiger partial charge in [-0.3, -0.25) is 0 Å². The van der Waals surface area contributed by atoms with Gasteiger partial charge >= 0.3 is 0 Å². The molecule has 0 amide bonds. The zero-order valence-corrected chi connectivity index (χ0v) is 11.2. The van der Waals surface area contributed by atoms with Crippen molar-refractivity contribution in [3.8, 4) is 0 Å². The van der Waals surface area contributed by atoms with E-state index in [0.29, 0.717) is 12.5 Å². The number of aromatic nitrogens is 2. The first kappa shape index (κ1) is 13.2. The van der Waals surface area contributed by atoms with Crippen LogP contribution in [0.2, 0.25) is 0 Å². The van der Waals surface area contributed by atoms with Crippen LogP contribution in [0.25, 0.3) is 0 Å². The average molecular weight is 250 g/mol. The second kappa shape index (κ2) is 6.11. The first-order chi connectivity index (χ1) is 8.74. The van der Waals surface area contributed by atoms with Gasteiger partial charge in [-0.25, -0.2) is 9.97 Å². The normalized spacial score (nSPS) is 17.2. The summed E-state index contributed by atoms with van der Waals surface area (Å²) in [7, 11) is 1.69. The zero-order valence-electron chi connectivity index (χ0n) is 11.2. The van der Waals surface area contributed by atoms with Crippen LogP contribution in [0.1, 0.15) is 24.1 Å². The van der Waals surface area contributed by atoms with E-state index in [0.717, 1.165) is 49.7 Å². The lowest BCUT2D eigenvalue weighted by Crippen LogP contribution is -2.37. The molecule has 0 atom stereocenters. The number of nitrogens with two attached hydrogens (primary N) is 1. The molecule has 0 saturated carbocycles. The molecule has 0 aromatic carbocycles. The highest BCUT2D eigenvalue weighted by Gasteiger charge is 2.20. The van der Waals surface area contributed by atoms with Crippen molar-refractivity contribution in [3.05, 3.63) is 17.5 Å². The molecule has 1 fully saturated rings. The van der Waals surface area contributed by atoms with Gasteiger partial charge in [-0.2, -0.15) is 0 Å². The Morgan fingerprint density at radius 2 is 2.17 bits per heavy atom. The van der Waals surface area contributed by atoms with E-state index in [1.165, 1.54) is 0 Å². The first-order valence-electron chi connectivity index (χ1n) is 6.51. The number of hydrogen-bond donors (Lipinski definition) is 1. The standard InChI is InChI=1S/C13H22N4O/c1-10-12(9-18-2)8-15-13(16-10)17-5-3-11(7-14)4-6-17/h8,11H,3-7,9,14H2,1-2H3. The smallest absolute Gasteiger partial charge is 0.225 e. The van der Waals surface area contributed by atoms with Crippen molar-refractivity contribution < 1.29 is 4.74 Å². The van der Waals surface area contributed by atoms with E-state index in [2.05, 4.69) is 14.9 Å². The number of hydrogen-bond acceptors (Lipinski definition) is 5. The molecule has 0 spiro atoms. The summed E-state index contributed by atoms with van der Waals surface area (Å²) in [4.78, 5) is 11.3. The van der Waals surface area contributed by atoms with Crippen LogP contribution in [0.4, 0.5) is 5.95 Å². The predicted octanol–water partition coefficient (Wildman–Crippen LogP) is 1.11. The van der Waals surface area contributed by atoms with Gasteiger partial charge in [0, 0.05) is 37.7 Å². The van der Waals surface area contributed by atoms with Crippen LogP contribution >= 0.6 is 0 Å². The minimum atomic E-state index is 0.571. The molecule has 2 heterocycles. The molecule has 0 bridgehead atoms. The maximum Gasteiger partial charge on any atom is 0.225 e. The number of anilines is 1. The maximum atomic E-state index is 5.70. The lowest BCUT2D eigenvalue weighted by molar-refractivity contribution is 0.183. The molecule has 5 heteroatoms. The number of ether oxygens (including phenoxy) is 1. The Kier molecular flexibility index (Phi) is 4.49. The minimum Gasteiger partial charge on any atom is -0.380 e. The number of aryl methyl sites for hydroxylation is 1. The molecule has 18 heavy (non-hydrogen) atoms. The molecule has 0 aliphatic carbocycles. The molecular weight excluding hydrogens is 228 g/mol. The van der Waals surface area contributed by atoms with Crippen molar-refractivity contribution in [1.29, 1.82) is 0 Å². The number of rotatable bonds is 4. The van der Waals surface area contributed by atoms with E-state index >= 15 is 0 Å². The molecular formula is C13H22N4O. The summed E-state index contributed by atoms with van der Waals surface area (Å²) in [5, 5.41) is 0. The molecule has 1 saturated heterocycles. The molecule has 0 radical (unpaired) electrons. The fourth-order valence-electron chi connectivity index (χ4n) is 2.30. The van der Waals surface area contributed by atoms with Gasteiger partial charge in [0.15, 0.2) is 0 Å². The van der Waals surface area contributed by atoms with Gasteiger partial charge in [-0.1, -0.05) is 0 Å². The van der Waals surface area contributed by atoms with Gasteiger partial charge in [0.05, 0.1) is 6.61 Å². The monoisotopic (exact) mass is 250 g/mol. The summed E-state index contributed by atoms with van der Waals surface area (Å²) in [6.45, 7) is 5.38. The Morgan fingerprint density at radius 3 is 2.72 bits per heavy atom. The number of piperidine rings is 1. The molecule has 1 aromatic rings. The van der Waals surface area contributed by atoms with E-state index in [9.17, 15) is 0 Å². The highest BCUT2D eigenvalue weighted by atomic mass is 16.5. The van der Waals surface area contributed by atoms with E-state index < -0.39 is 0 Å². The summed E-state index contributed by atoms with van der Waals surface area (Å²) in [5.74, 6) is 1.50. The summed E-state index contributed by atoms with van der Waals surface area (Å²) in [5.41, 5.74) is 7.76. The average Bonchev–Trinajstić information content (AvgIpc) is 2.41. The van der Waals surface area contributed by atoms with Gasteiger partial charge in [0.2, 0.25) is 5.95 Å². The van der Waals surface area contributed by atoms with E-state index in [-0.39, 0.29) is 0 Å². The largest absolute Gasteiger partial charge is 0.380 e. The van der Waals surface area contributed by atoms with Crippen molar-refractivity contribution in [2.45, 2.75) is 26.4 Å². The van der Waals surface area contributed by atoms with Gasteiger partial charge in [0.1, 0.15) is 0 Å². The molecule has 2 N–H and O–H groups in total. The first-order valence-corrected chi connectivity index (χ1v) is 6.51. The molecule has 5 nitrogen and oxygen atoms in total. The Labute approximate surface area is 108 Å². The van der Waals surface area contributed by atoms with Crippen molar-refractivity contribution in [2.75, 3.05) is 31.6 Å². The molecule has 1 aliphatic rings. The Bertz CT molecular complexity index is 389. The Hall–Kier alpha value is -1.20. The van der Waals surface area contributed by atoms with E-state index in [1.807, 2.05) is 13.1 Å². The van der Waals surface area contributed by atoms with Crippen LogP contribution in [0.15, 0.2) is 6.20 Å². The van der Waals surface area contributed by atoms with Crippen molar-refractivity contribution in [3.63, 3.8) is 0 Å². The SMILES string of the molecule is COCc1cnc(N2CCC(CN)CC2)nc1C. The highest BCUT2D eigenvalue weighted by Crippen LogP contribution is 2.20. The minimum absolute atomic E-state index is 0.571. The lowest BCUT2D eigenvalue weighted by Gasteiger charge is -2.31. The lowest BCUT2D eigenvalue weighted by atomic mass is 9.97. The summed E-state index contributed by atoms with van der Waals surface area (Å²) in [6, 6.07) is 0. The predicted molar refractivity (Wildman–Crippen MR) is 71.5 cm³/mol. The highest BCUT2D eigenvalue weighted by molar-refractivity contribution is 5.33.